The van der Waals surface area contributed by atoms with Crippen molar-refractivity contribution in [3.8, 4) is 28.7 Å². The molecular weight excluding hydrogens is 318 g/mol. The van der Waals surface area contributed by atoms with E-state index in [0.717, 1.165) is 4.47 Å². The van der Waals surface area contributed by atoms with Crippen LogP contribution < -0.4 is 0 Å². The summed E-state index contributed by atoms with van der Waals surface area (Å²) in [5.74, 6) is 0.759. The lowest BCUT2D eigenvalue weighted by Crippen LogP contribution is -1.81. The first-order valence-corrected chi connectivity index (χ1v) is 6.69. The van der Waals surface area contributed by atoms with Crippen LogP contribution in [0.15, 0.2) is 38.1 Å². The van der Waals surface area contributed by atoms with E-state index >= 15 is 0 Å². The van der Waals surface area contributed by atoms with Crippen LogP contribution in [0.1, 0.15) is 0 Å². The highest BCUT2D eigenvalue weighted by Crippen LogP contribution is 2.31. The van der Waals surface area contributed by atoms with Crippen molar-refractivity contribution < 1.29 is 9.63 Å². The molecule has 2 heterocycles. The number of thiazole rings is 1. The number of phenols is 1. The van der Waals surface area contributed by atoms with Gasteiger partial charge in [0.25, 0.3) is 5.89 Å². The molecule has 0 saturated heterocycles. The molecule has 0 bridgehead atoms. The Labute approximate surface area is 114 Å². The van der Waals surface area contributed by atoms with Crippen molar-refractivity contribution in [3.05, 3.63) is 33.6 Å². The highest BCUT2D eigenvalue weighted by Gasteiger charge is 2.14. The van der Waals surface area contributed by atoms with Crippen molar-refractivity contribution in [1.82, 2.24) is 15.1 Å². The van der Waals surface area contributed by atoms with E-state index in [1.54, 1.807) is 23.7 Å². The van der Waals surface area contributed by atoms with Crippen LogP contribution >= 0.6 is 27.3 Å². The van der Waals surface area contributed by atoms with Crippen molar-refractivity contribution in [2.75, 3.05) is 0 Å². The second-order valence-corrected chi connectivity index (χ2v) is 5.09. The lowest BCUT2D eigenvalue weighted by molar-refractivity contribution is 0.425. The van der Waals surface area contributed by atoms with Gasteiger partial charge in [-0.2, -0.15) is 4.98 Å². The Kier molecular flexibility index (Phi) is 2.85. The minimum atomic E-state index is 0.0813. The third kappa shape index (κ3) is 2.02. The van der Waals surface area contributed by atoms with Crippen molar-refractivity contribution >= 4 is 27.3 Å². The van der Waals surface area contributed by atoms with Crippen molar-refractivity contribution in [2.24, 2.45) is 0 Å². The quantitative estimate of drug-likeness (QED) is 0.783. The van der Waals surface area contributed by atoms with E-state index in [0.29, 0.717) is 17.1 Å². The predicted octanol–water partition coefficient (Wildman–Crippen LogP) is 3.33. The summed E-state index contributed by atoms with van der Waals surface area (Å²) in [6.07, 6.45) is 0. The fourth-order valence-corrected chi connectivity index (χ4v) is 2.32. The van der Waals surface area contributed by atoms with Crippen LogP contribution in [0, 0.1) is 0 Å². The van der Waals surface area contributed by atoms with Gasteiger partial charge in [0.2, 0.25) is 5.82 Å². The minimum Gasteiger partial charge on any atom is -0.507 e. The van der Waals surface area contributed by atoms with E-state index in [9.17, 15) is 5.11 Å². The van der Waals surface area contributed by atoms with Crippen LogP contribution in [-0.2, 0) is 0 Å². The maximum absolute atomic E-state index is 9.81. The third-order valence-corrected chi connectivity index (χ3v) is 3.36. The lowest BCUT2D eigenvalue weighted by Gasteiger charge is -1.98. The van der Waals surface area contributed by atoms with Gasteiger partial charge in [0.15, 0.2) is 0 Å². The van der Waals surface area contributed by atoms with Gasteiger partial charge in [0.05, 0.1) is 11.1 Å². The Morgan fingerprint density at radius 3 is 2.94 bits per heavy atom. The summed E-state index contributed by atoms with van der Waals surface area (Å²) >= 11 is 4.73. The zero-order valence-electron chi connectivity index (χ0n) is 8.87. The van der Waals surface area contributed by atoms with Gasteiger partial charge >= 0.3 is 0 Å². The van der Waals surface area contributed by atoms with Crippen LogP contribution in [0.3, 0.4) is 0 Å². The second-order valence-electron chi connectivity index (χ2n) is 3.46. The Morgan fingerprint density at radius 1 is 1.33 bits per heavy atom. The van der Waals surface area contributed by atoms with Gasteiger partial charge in [0, 0.05) is 9.85 Å². The standard InChI is InChI=1S/C11H6BrN3O2S/c12-6-1-2-7(9(16)3-6)11-14-10(15-17-11)8-4-18-5-13-8/h1-5,16H. The van der Waals surface area contributed by atoms with Crippen LogP contribution in [0.4, 0.5) is 0 Å². The molecule has 1 N–H and O–H groups in total. The molecule has 0 radical (unpaired) electrons. The average Bonchev–Trinajstić information content (AvgIpc) is 2.99. The number of rotatable bonds is 2. The second kappa shape index (κ2) is 4.51. The molecule has 3 aromatic rings. The molecule has 90 valence electrons. The molecule has 0 aliphatic heterocycles. The largest absolute Gasteiger partial charge is 0.507 e. The number of halogens is 1. The summed E-state index contributed by atoms with van der Waals surface area (Å²) in [6, 6.07) is 5.07. The van der Waals surface area contributed by atoms with Crippen LogP contribution in [0.2, 0.25) is 0 Å². The number of hydrogen-bond donors (Lipinski definition) is 1. The fraction of sp³-hybridized carbons (Fsp3) is 0. The molecule has 0 aliphatic rings. The number of nitrogens with zero attached hydrogens (tertiary/aromatic N) is 3. The molecule has 0 spiro atoms. The number of aromatic nitrogens is 3. The summed E-state index contributed by atoms with van der Waals surface area (Å²) in [5.41, 5.74) is 2.85. The van der Waals surface area contributed by atoms with E-state index in [1.807, 2.05) is 5.38 Å². The number of hydrogen-bond acceptors (Lipinski definition) is 6. The zero-order valence-corrected chi connectivity index (χ0v) is 11.3. The number of aromatic hydroxyl groups is 1. The maximum Gasteiger partial charge on any atom is 0.262 e. The molecular formula is C11H6BrN3O2S. The Bertz CT molecular complexity index is 681. The molecule has 5 nitrogen and oxygen atoms in total. The van der Waals surface area contributed by atoms with E-state index < -0.39 is 0 Å². The minimum absolute atomic E-state index is 0.0813. The smallest absolute Gasteiger partial charge is 0.262 e. The molecule has 1 aromatic carbocycles. The molecule has 0 fully saturated rings. The summed E-state index contributed by atoms with van der Waals surface area (Å²) < 4.78 is 5.90. The summed E-state index contributed by atoms with van der Waals surface area (Å²) in [4.78, 5) is 8.30. The number of phenolic OH excluding ortho intramolecular Hbond substituents is 1. The SMILES string of the molecule is Oc1cc(Br)ccc1-c1nc(-c2cscn2)no1. The lowest BCUT2D eigenvalue weighted by atomic mass is 10.2. The molecule has 0 aliphatic carbocycles. The Hall–Kier alpha value is -1.73. The summed E-state index contributed by atoms with van der Waals surface area (Å²) in [7, 11) is 0. The fourth-order valence-electron chi connectivity index (χ4n) is 1.45. The molecule has 0 amide bonds. The van der Waals surface area contributed by atoms with E-state index in [2.05, 4.69) is 31.1 Å². The molecule has 18 heavy (non-hydrogen) atoms. The molecule has 3 rings (SSSR count). The van der Waals surface area contributed by atoms with Crippen LogP contribution in [0.25, 0.3) is 23.0 Å². The van der Waals surface area contributed by atoms with Gasteiger partial charge in [-0.25, -0.2) is 4.98 Å². The van der Waals surface area contributed by atoms with E-state index in [4.69, 9.17) is 4.52 Å². The van der Waals surface area contributed by atoms with E-state index in [1.165, 1.54) is 11.3 Å². The monoisotopic (exact) mass is 323 g/mol. The van der Waals surface area contributed by atoms with Gasteiger partial charge in [-0.3, -0.25) is 0 Å². The first-order chi connectivity index (χ1) is 8.74. The van der Waals surface area contributed by atoms with E-state index in [-0.39, 0.29) is 11.6 Å². The molecule has 0 unspecified atom stereocenters. The van der Waals surface area contributed by atoms with Crippen molar-refractivity contribution in [3.63, 3.8) is 0 Å². The first-order valence-electron chi connectivity index (χ1n) is 4.95. The maximum atomic E-state index is 9.81. The van der Waals surface area contributed by atoms with Gasteiger partial charge in [-0.1, -0.05) is 21.1 Å². The molecule has 0 saturated carbocycles. The molecule has 2 aromatic heterocycles. The van der Waals surface area contributed by atoms with Gasteiger partial charge in [-0.15, -0.1) is 11.3 Å². The summed E-state index contributed by atoms with van der Waals surface area (Å²) in [6.45, 7) is 0. The van der Waals surface area contributed by atoms with Gasteiger partial charge in [0.1, 0.15) is 11.4 Å². The topological polar surface area (TPSA) is 72.0 Å². The van der Waals surface area contributed by atoms with Crippen LogP contribution in [-0.4, -0.2) is 20.2 Å². The Balaban J connectivity index is 2.03. The van der Waals surface area contributed by atoms with Crippen molar-refractivity contribution in [1.29, 1.82) is 0 Å². The Morgan fingerprint density at radius 2 is 2.22 bits per heavy atom. The predicted molar refractivity (Wildman–Crippen MR) is 70.2 cm³/mol. The first kappa shape index (κ1) is 11.4. The highest BCUT2D eigenvalue weighted by molar-refractivity contribution is 9.10. The van der Waals surface area contributed by atoms with Gasteiger partial charge < -0.3 is 9.63 Å². The van der Waals surface area contributed by atoms with Gasteiger partial charge in [-0.05, 0) is 18.2 Å². The number of benzene rings is 1. The highest BCUT2D eigenvalue weighted by atomic mass is 79.9. The average molecular weight is 324 g/mol. The summed E-state index contributed by atoms with van der Waals surface area (Å²) in [5, 5.41) is 15.5. The van der Waals surface area contributed by atoms with Crippen LogP contribution in [0.5, 0.6) is 5.75 Å². The third-order valence-electron chi connectivity index (χ3n) is 2.28. The molecule has 7 heteroatoms. The van der Waals surface area contributed by atoms with Crippen molar-refractivity contribution in [2.45, 2.75) is 0 Å². The zero-order chi connectivity index (χ0) is 12.5. The normalized spacial score (nSPS) is 10.7. The molecule has 0 atom stereocenters.